The number of halogens is 2. The van der Waals surface area contributed by atoms with E-state index in [1.807, 2.05) is 0 Å². The molecule has 0 aromatic heterocycles. The first-order valence-corrected chi connectivity index (χ1v) is 7.82. The van der Waals surface area contributed by atoms with Crippen molar-refractivity contribution in [1.29, 1.82) is 0 Å². The van der Waals surface area contributed by atoms with E-state index in [9.17, 15) is 0 Å². The van der Waals surface area contributed by atoms with Gasteiger partial charge in [0.15, 0.2) is 0 Å². The van der Waals surface area contributed by atoms with Gasteiger partial charge in [0.25, 0.3) is 0 Å². The van der Waals surface area contributed by atoms with Gasteiger partial charge in [-0.2, -0.15) is 0 Å². The Balaban J connectivity index is 2.68. The Morgan fingerprint density at radius 3 is 2.75 bits per heavy atom. The second-order valence-electron chi connectivity index (χ2n) is 1.27. The predicted octanol–water partition coefficient (Wildman–Crippen LogP) is -1.11. The second-order valence-corrected chi connectivity index (χ2v) is 8.07. The van der Waals surface area contributed by atoms with Gasteiger partial charge in [0.2, 0.25) is 0 Å². The van der Waals surface area contributed by atoms with Crippen molar-refractivity contribution in [2.45, 2.75) is 0 Å². The monoisotopic (exact) mass is 333 g/mol. The summed E-state index contributed by atoms with van der Waals surface area (Å²) < 4.78 is 4.09. The van der Waals surface area contributed by atoms with Crippen LogP contribution in [0.4, 0.5) is 0 Å². The molecule has 2 heteroatoms. The quantitative estimate of drug-likeness (QED) is 0.422. The SMILES string of the molecule is C[I-]C1=CC=CC=I1. The number of allylic oxidation sites excluding steroid dienone is 3. The fourth-order valence-corrected chi connectivity index (χ4v) is 4.91. The molecule has 0 nitrogen and oxygen atoms in total. The van der Waals surface area contributed by atoms with Crippen LogP contribution in [0.1, 0.15) is 0 Å². The van der Waals surface area contributed by atoms with Gasteiger partial charge in [-0.05, 0) is 0 Å². The van der Waals surface area contributed by atoms with Crippen LogP contribution in [0.3, 0.4) is 0 Å². The third kappa shape index (κ3) is 1.97. The molecule has 0 saturated heterocycles. The van der Waals surface area contributed by atoms with E-state index in [1.165, 1.54) is 0 Å². The molecule has 0 spiro atoms. The summed E-state index contributed by atoms with van der Waals surface area (Å²) in [4.78, 5) is 2.33. The number of hydrogen-bond acceptors (Lipinski definition) is 0. The van der Waals surface area contributed by atoms with Gasteiger partial charge in [-0.15, -0.1) is 0 Å². The van der Waals surface area contributed by atoms with Crippen molar-refractivity contribution in [1.82, 2.24) is 0 Å². The molecule has 0 aromatic rings. The Morgan fingerprint density at radius 1 is 1.50 bits per heavy atom. The van der Waals surface area contributed by atoms with Gasteiger partial charge in [-0.3, -0.25) is 0 Å². The van der Waals surface area contributed by atoms with E-state index in [-0.39, 0.29) is 0 Å². The maximum absolute atomic E-state index is 2.33. The summed E-state index contributed by atoms with van der Waals surface area (Å²) in [6.45, 7) is 0. The molecule has 0 bridgehead atoms. The normalized spacial score (nSPS) is 17.9. The van der Waals surface area contributed by atoms with Crippen LogP contribution in [-0.2, 0) is 0 Å². The van der Waals surface area contributed by atoms with Crippen LogP contribution in [0.2, 0.25) is 0 Å². The molecular formula is C6H7I2-. The van der Waals surface area contributed by atoms with Crippen LogP contribution in [0.5, 0.6) is 0 Å². The van der Waals surface area contributed by atoms with Gasteiger partial charge >= 0.3 is 70.7 Å². The van der Waals surface area contributed by atoms with Crippen molar-refractivity contribution >= 4 is 24.7 Å². The van der Waals surface area contributed by atoms with E-state index < -0.39 is 0 Å². The average Bonchev–Trinajstić information content (AvgIpc) is 1.90. The van der Waals surface area contributed by atoms with Gasteiger partial charge in [-0.25, -0.2) is 0 Å². The van der Waals surface area contributed by atoms with E-state index in [0.29, 0.717) is 41.9 Å². The summed E-state index contributed by atoms with van der Waals surface area (Å²) in [5.74, 6) is 0. The Labute approximate surface area is 70.1 Å². The fraction of sp³-hybridized carbons (Fsp3) is 0.167. The molecule has 0 N–H and O–H groups in total. The third-order valence-electron chi connectivity index (χ3n) is 0.754. The summed E-state index contributed by atoms with van der Waals surface area (Å²) in [5, 5.41) is 0. The zero-order valence-corrected chi connectivity index (χ0v) is 8.88. The first-order chi connectivity index (χ1) is 3.93. The van der Waals surface area contributed by atoms with Crippen LogP contribution in [0, 0.1) is 0 Å². The molecule has 1 rings (SSSR count). The molecule has 0 aromatic carbocycles. The maximum atomic E-state index is 2.33. The topological polar surface area (TPSA) is 0 Å². The summed E-state index contributed by atoms with van der Waals surface area (Å²) >= 11 is 0.761. The van der Waals surface area contributed by atoms with Crippen LogP contribution < -0.4 is 21.2 Å². The van der Waals surface area contributed by atoms with E-state index in [4.69, 9.17) is 0 Å². The number of alkyl halides is 1. The molecule has 46 valence electrons. The molecule has 0 saturated carbocycles. The second kappa shape index (κ2) is 3.76. The fourth-order valence-electron chi connectivity index (χ4n) is 0.407. The Morgan fingerprint density at radius 2 is 2.38 bits per heavy atom. The van der Waals surface area contributed by atoms with E-state index in [2.05, 4.69) is 27.2 Å². The molecular weight excluding hydrogens is 326 g/mol. The molecule has 8 heavy (non-hydrogen) atoms. The number of rotatable bonds is 1. The summed E-state index contributed by atoms with van der Waals surface area (Å²) in [6, 6.07) is 0. The first-order valence-electron chi connectivity index (χ1n) is 2.26. The van der Waals surface area contributed by atoms with Crippen LogP contribution in [0.15, 0.2) is 19.8 Å². The van der Waals surface area contributed by atoms with Gasteiger partial charge in [0.1, 0.15) is 0 Å². The summed E-state index contributed by atoms with van der Waals surface area (Å²) in [7, 11) is 0. The van der Waals surface area contributed by atoms with Crippen molar-refractivity contribution in [3.8, 4) is 0 Å². The zero-order valence-electron chi connectivity index (χ0n) is 4.57. The molecule has 0 atom stereocenters. The van der Waals surface area contributed by atoms with Crippen LogP contribution in [-0.4, -0.2) is 8.94 Å². The van der Waals surface area contributed by atoms with Crippen molar-refractivity contribution in [3.63, 3.8) is 0 Å². The molecule has 0 radical (unpaired) electrons. The van der Waals surface area contributed by atoms with Crippen molar-refractivity contribution < 1.29 is 21.2 Å². The van der Waals surface area contributed by atoms with Crippen molar-refractivity contribution in [2.75, 3.05) is 4.93 Å². The Hall–Kier alpha value is 0.810. The van der Waals surface area contributed by atoms with Crippen molar-refractivity contribution in [3.05, 3.63) is 19.8 Å². The summed E-state index contributed by atoms with van der Waals surface area (Å²) in [6.07, 6.45) is 6.61. The van der Waals surface area contributed by atoms with Gasteiger partial charge in [0, 0.05) is 0 Å². The van der Waals surface area contributed by atoms with Gasteiger partial charge in [-0.1, -0.05) is 0 Å². The van der Waals surface area contributed by atoms with Crippen LogP contribution in [0.25, 0.3) is 0 Å². The Bertz CT molecular complexity index is 154. The van der Waals surface area contributed by atoms with E-state index in [1.54, 1.807) is 1.59 Å². The number of hydrogen-bond donors (Lipinski definition) is 0. The van der Waals surface area contributed by atoms with Crippen LogP contribution >= 0.6 is 20.7 Å². The third-order valence-corrected chi connectivity index (χ3v) is 8.19. The van der Waals surface area contributed by atoms with E-state index >= 15 is 0 Å². The molecule has 1 heterocycles. The van der Waals surface area contributed by atoms with E-state index in [0.717, 1.165) is 0 Å². The minimum absolute atomic E-state index is 0.347. The summed E-state index contributed by atoms with van der Waals surface area (Å²) in [5.41, 5.74) is 0. The first kappa shape index (κ1) is 6.92. The molecule has 1 aliphatic heterocycles. The molecule has 0 amide bonds. The van der Waals surface area contributed by atoms with Crippen molar-refractivity contribution in [2.24, 2.45) is 0 Å². The Kier molecular flexibility index (Phi) is 3.26. The average molecular weight is 333 g/mol. The predicted molar refractivity (Wildman–Crippen MR) is 43.2 cm³/mol. The standard InChI is InChI=1S/C6H7I2/c1-7-6-4-2-3-5-8-6/h2-5H,1H3/q-1. The molecule has 0 aliphatic carbocycles. The van der Waals surface area contributed by atoms with Gasteiger partial charge in [0.05, 0.1) is 0 Å². The molecule has 0 fully saturated rings. The molecule has 0 unspecified atom stereocenters. The van der Waals surface area contributed by atoms with Gasteiger partial charge < -0.3 is 0 Å². The molecule has 1 aliphatic rings. The minimum atomic E-state index is 0.347. The zero-order chi connectivity index (χ0) is 5.82.